The summed E-state index contributed by atoms with van der Waals surface area (Å²) in [6.07, 6.45) is 0. The number of hydrogen-bond donors (Lipinski definition) is 1. The lowest BCUT2D eigenvalue weighted by atomic mass is 10.1. The first kappa shape index (κ1) is 11.9. The van der Waals surface area contributed by atoms with Gasteiger partial charge in [0.1, 0.15) is 10.8 Å². The van der Waals surface area contributed by atoms with Gasteiger partial charge in [-0.15, -0.1) is 11.3 Å². The smallest absolute Gasteiger partial charge is 0.124 e. The molecule has 3 aromatic rings. The monoisotopic (exact) mass is 282 g/mol. The van der Waals surface area contributed by atoms with Crippen molar-refractivity contribution in [2.75, 3.05) is 7.11 Å². The van der Waals surface area contributed by atoms with E-state index in [1.165, 1.54) is 16.7 Å². The molecule has 0 unspecified atom stereocenters. The van der Waals surface area contributed by atoms with Crippen molar-refractivity contribution in [1.82, 2.24) is 10.3 Å². The number of nitrogens with one attached hydrogen (secondary N) is 1. The molecular formula is C16H14N2OS. The molecule has 0 amide bonds. The number of hydrogen-bond acceptors (Lipinski definition) is 4. The van der Waals surface area contributed by atoms with Gasteiger partial charge in [0.15, 0.2) is 0 Å². The molecule has 3 nitrogen and oxygen atoms in total. The Kier molecular flexibility index (Phi) is 2.72. The van der Waals surface area contributed by atoms with E-state index in [4.69, 9.17) is 9.72 Å². The van der Waals surface area contributed by atoms with Gasteiger partial charge in [-0.3, -0.25) is 0 Å². The SMILES string of the molecule is COc1ccc2nc(-c3ccc4c(c3)CNC4)sc2c1. The quantitative estimate of drug-likeness (QED) is 0.780. The van der Waals surface area contributed by atoms with Gasteiger partial charge in [-0.05, 0) is 35.4 Å². The highest BCUT2D eigenvalue weighted by Crippen LogP contribution is 2.33. The maximum atomic E-state index is 5.27. The van der Waals surface area contributed by atoms with Gasteiger partial charge >= 0.3 is 0 Å². The lowest BCUT2D eigenvalue weighted by Crippen LogP contribution is -1.99. The van der Waals surface area contributed by atoms with Crippen LogP contribution < -0.4 is 10.1 Å². The highest BCUT2D eigenvalue weighted by Gasteiger charge is 2.13. The molecule has 0 saturated heterocycles. The van der Waals surface area contributed by atoms with Gasteiger partial charge in [0.05, 0.1) is 17.3 Å². The minimum absolute atomic E-state index is 0.880. The minimum atomic E-state index is 0.880. The van der Waals surface area contributed by atoms with Crippen LogP contribution >= 0.6 is 11.3 Å². The Morgan fingerprint density at radius 2 is 2.00 bits per heavy atom. The molecule has 1 aliphatic rings. The predicted octanol–water partition coefficient (Wildman–Crippen LogP) is 3.58. The van der Waals surface area contributed by atoms with Crippen LogP contribution in [0.4, 0.5) is 0 Å². The second-order valence-corrected chi connectivity index (χ2v) is 5.97. The molecule has 0 radical (unpaired) electrons. The standard InChI is InChI=1S/C16H14N2OS/c1-19-13-4-5-14-15(7-13)20-16(18-14)10-2-3-11-8-17-9-12(11)6-10/h2-7,17H,8-9H2,1H3. The van der Waals surface area contributed by atoms with Gasteiger partial charge in [-0.1, -0.05) is 12.1 Å². The van der Waals surface area contributed by atoms with E-state index in [2.05, 4.69) is 23.5 Å². The van der Waals surface area contributed by atoms with E-state index in [0.29, 0.717) is 0 Å². The van der Waals surface area contributed by atoms with Gasteiger partial charge in [0, 0.05) is 18.7 Å². The molecule has 1 aromatic heterocycles. The average molecular weight is 282 g/mol. The molecule has 100 valence electrons. The van der Waals surface area contributed by atoms with E-state index >= 15 is 0 Å². The van der Waals surface area contributed by atoms with E-state index in [9.17, 15) is 0 Å². The van der Waals surface area contributed by atoms with Crippen molar-refractivity contribution >= 4 is 21.6 Å². The maximum absolute atomic E-state index is 5.27. The lowest BCUT2D eigenvalue weighted by molar-refractivity contribution is 0.415. The third kappa shape index (κ3) is 1.88. The molecule has 2 aromatic carbocycles. The van der Waals surface area contributed by atoms with Crippen LogP contribution in [0, 0.1) is 0 Å². The average Bonchev–Trinajstić information content (AvgIpc) is 3.11. The first-order valence-corrected chi connectivity index (χ1v) is 7.42. The van der Waals surface area contributed by atoms with E-state index < -0.39 is 0 Å². The second-order valence-electron chi connectivity index (χ2n) is 4.94. The van der Waals surface area contributed by atoms with E-state index in [1.807, 2.05) is 18.2 Å². The molecule has 0 atom stereocenters. The van der Waals surface area contributed by atoms with Gasteiger partial charge in [-0.2, -0.15) is 0 Å². The summed E-state index contributed by atoms with van der Waals surface area (Å²) in [6, 6.07) is 12.6. The van der Waals surface area contributed by atoms with Crippen molar-refractivity contribution in [2.45, 2.75) is 13.1 Å². The molecule has 2 heterocycles. The highest BCUT2D eigenvalue weighted by atomic mass is 32.1. The Hall–Kier alpha value is -1.91. The first-order chi connectivity index (χ1) is 9.83. The number of aromatic nitrogens is 1. The third-order valence-corrected chi connectivity index (χ3v) is 4.75. The molecule has 4 heteroatoms. The van der Waals surface area contributed by atoms with Crippen LogP contribution in [0.25, 0.3) is 20.8 Å². The second kappa shape index (κ2) is 4.58. The van der Waals surface area contributed by atoms with E-state index in [1.54, 1.807) is 18.4 Å². The Morgan fingerprint density at radius 3 is 2.90 bits per heavy atom. The molecule has 0 fully saturated rings. The van der Waals surface area contributed by atoms with Gasteiger partial charge in [0.25, 0.3) is 0 Å². The zero-order valence-electron chi connectivity index (χ0n) is 11.1. The fraction of sp³-hybridized carbons (Fsp3) is 0.188. The summed E-state index contributed by atoms with van der Waals surface area (Å²) in [5.74, 6) is 0.880. The molecule has 0 saturated carbocycles. The summed E-state index contributed by atoms with van der Waals surface area (Å²) in [5.41, 5.74) is 5.02. The molecule has 4 rings (SSSR count). The van der Waals surface area contributed by atoms with Crippen LogP contribution in [0.3, 0.4) is 0 Å². The van der Waals surface area contributed by atoms with Crippen LogP contribution in [-0.2, 0) is 13.1 Å². The minimum Gasteiger partial charge on any atom is -0.497 e. The summed E-state index contributed by atoms with van der Waals surface area (Å²) in [5, 5.41) is 4.45. The fourth-order valence-electron chi connectivity index (χ4n) is 2.58. The van der Waals surface area contributed by atoms with Gasteiger partial charge in [0.2, 0.25) is 0 Å². The third-order valence-electron chi connectivity index (χ3n) is 3.68. The number of methoxy groups -OCH3 is 1. The number of thiazole rings is 1. The lowest BCUT2D eigenvalue weighted by Gasteiger charge is -2.00. The largest absolute Gasteiger partial charge is 0.497 e. The predicted molar refractivity (Wildman–Crippen MR) is 82.2 cm³/mol. The molecule has 0 bridgehead atoms. The van der Waals surface area contributed by atoms with Crippen LogP contribution in [0.15, 0.2) is 36.4 Å². The Balaban J connectivity index is 1.81. The van der Waals surface area contributed by atoms with Crippen LogP contribution in [0.2, 0.25) is 0 Å². The topological polar surface area (TPSA) is 34.1 Å². The van der Waals surface area contributed by atoms with Gasteiger partial charge < -0.3 is 10.1 Å². The van der Waals surface area contributed by atoms with Crippen LogP contribution in [0.5, 0.6) is 5.75 Å². The number of ether oxygens (including phenoxy) is 1. The molecule has 0 aliphatic carbocycles. The molecular weight excluding hydrogens is 268 g/mol. The van der Waals surface area contributed by atoms with Crippen LogP contribution in [-0.4, -0.2) is 12.1 Å². The summed E-state index contributed by atoms with van der Waals surface area (Å²) in [7, 11) is 1.69. The fourth-order valence-corrected chi connectivity index (χ4v) is 3.57. The molecule has 1 aliphatic heterocycles. The number of benzene rings is 2. The van der Waals surface area contributed by atoms with Crippen molar-refractivity contribution in [3.8, 4) is 16.3 Å². The van der Waals surface area contributed by atoms with Gasteiger partial charge in [-0.25, -0.2) is 4.98 Å². The van der Waals surface area contributed by atoms with Crippen molar-refractivity contribution in [3.63, 3.8) is 0 Å². The Labute approximate surface area is 121 Å². The van der Waals surface area contributed by atoms with Crippen molar-refractivity contribution < 1.29 is 4.74 Å². The molecule has 1 N–H and O–H groups in total. The van der Waals surface area contributed by atoms with E-state index in [-0.39, 0.29) is 0 Å². The molecule has 0 spiro atoms. The summed E-state index contributed by atoms with van der Waals surface area (Å²) in [6.45, 7) is 1.94. The zero-order chi connectivity index (χ0) is 13.5. The first-order valence-electron chi connectivity index (χ1n) is 6.61. The normalized spacial score (nSPS) is 13.7. The number of fused-ring (bicyclic) bond motifs is 2. The van der Waals surface area contributed by atoms with Crippen molar-refractivity contribution in [3.05, 3.63) is 47.5 Å². The zero-order valence-corrected chi connectivity index (χ0v) is 12.0. The van der Waals surface area contributed by atoms with E-state index in [0.717, 1.165) is 34.1 Å². The maximum Gasteiger partial charge on any atom is 0.124 e. The number of rotatable bonds is 2. The van der Waals surface area contributed by atoms with Crippen molar-refractivity contribution in [1.29, 1.82) is 0 Å². The van der Waals surface area contributed by atoms with Crippen molar-refractivity contribution in [2.24, 2.45) is 0 Å². The summed E-state index contributed by atoms with van der Waals surface area (Å²) < 4.78 is 6.43. The highest BCUT2D eigenvalue weighted by molar-refractivity contribution is 7.21. The summed E-state index contributed by atoms with van der Waals surface area (Å²) >= 11 is 1.71. The Morgan fingerprint density at radius 1 is 1.10 bits per heavy atom. The molecule has 20 heavy (non-hydrogen) atoms. The van der Waals surface area contributed by atoms with Crippen LogP contribution in [0.1, 0.15) is 11.1 Å². The number of nitrogens with zero attached hydrogens (tertiary/aromatic N) is 1. The Bertz CT molecular complexity index is 794. The summed E-state index contributed by atoms with van der Waals surface area (Å²) in [4.78, 5) is 4.73.